The van der Waals surface area contributed by atoms with Crippen LogP contribution < -0.4 is 5.90 Å². The number of hydrogen-bond acceptors (Lipinski definition) is 5. The largest absolute Gasteiger partial charge is 0.370 e. The van der Waals surface area contributed by atoms with E-state index in [1.807, 2.05) is 0 Å². The molecule has 2 N–H and O–H groups in total. The zero-order valence-corrected chi connectivity index (χ0v) is 7.39. The average molecular weight is 196 g/mol. The Morgan fingerprint density at radius 1 is 1.57 bits per heavy atom. The molecule has 0 atom stereocenters. The van der Waals surface area contributed by atoms with Crippen LogP contribution >= 0.6 is 0 Å². The summed E-state index contributed by atoms with van der Waals surface area (Å²) in [7, 11) is 0. The summed E-state index contributed by atoms with van der Waals surface area (Å²) < 4.78 is 0. The Bertz CT molecular complexity index is 389. The van der Waals surface area contributed by atoms with Gasteiger partial charge in [-0.2, -0.15) is 5.90 Å². The van der Waals surface area contributed by atoms with Crippen LogP contribution in [-0.2, 0) is 4.84 Å². The summed E-state index contributed by atoms with van der Waals surface area (Å²) in [5, 5.41) is 10.4. The maximum atomic E-state index is 11.0. The summed E-state index contributed by atoms with van der Waals surface area (Å²) in [4.78, 5) is 24.8. The molecule has 0 aliphatic rings. The van der Waals surface area contributed by atoms with Gasteiger partial charge in [0, 0.05) is 12.1 Å². The van der Waals surface area contributed by atoms with Gasteiger partial charge in [0.15, 0.2) is 0 Å². The number of carbonyl (C=O) groups is 1. The maximum absolute atomic E-state index is 11.0. The molecule has 0 saturated heterocycles. The van der Waals surface area contributed by atoms with E-state index in [2.05, 4.69) is 10.7 Å². The molecule has 0 unspecified atom stereocenters. The number of benzene rings is 1. The highest BCUT2D eigenvalue weighted by atomic mass is 16.7. The molecule has 1 rings (SSSR count). The predicted molar refractivity (Wildman–Crippen MR) is 47.4 cm³/mol. The van der Waals surface area contributed by atoms with Crippen molar-refractivity contribution in [2.24, 2.45) is 5.90 Å². The minimum Gasteiger partial charge on any atom is -0.370 e. The highest BCUT2D eigenvalue weighted by molar-refractivity contribution is 5.91. The third-order valence-corrected chi connectivity index (χ3v) is 1.75. The van der Waals surface area contributed by atoms with Crippen molar-refractivity contribution < 1.29 is 14.6 Å². The fourth-order valence-electron chi connectivity index (χ4n) is 1.05. The molecule has 1 aromatic rings. The summed E-state index contributed by atoms with van der Waals surface area (Å²) in [6, 6.07) is 3.81. The Balaban J connectivity index is 3.14. The lowest BCUT2D eigenvalue weighted by Gasteiger charge is -2.01. The van der Waals surface area contributed by atoms with Gasteiger partial charge in [0.25, 0.3) is 5.69 Å². The van der Waals surface area contributed by atoms with Gasteiger partial charge in [-0.25, -0.2) is 4.79 Å². The molecule has 0 aliphatic carbocycles. The SMILES string of the molecule is Cc1cc([N+](=O)[O-])ccc1C(=O)ON. The van der Waals surface area contributed by atoms with Crippen LogP contribution in [-0.4, -0.2) is 10.9 Å². The normalized spacial score (nSPS) is 9.57. The van der Waals surface area contributed by atoms with Gasteiger partial charge in [-0.15, -0.1) is 0 Å². The number of aryl methyl sites for hydroxylation is 1. The Kier molecular flexibility index (Phi) is 2.78. The Hall–Kier alpha value is -1.95. The van der Waals surface area contributed by atoms with Crippen molar-refractivity contribution in [1.29, 1.82) is 0 Å². The number of nitrogens with two attached hydrogens (primary N) is 1. The number of non-ortho nitro benzene ring substituents is 1. The lowest BCUT2D eigenvalue weighted by atomic mass is 10.1. The quantitative estimate of drug-likeness (QED) is 0.560. The van der Waals surface area contributed by atoms with Crippen LogP contribution in [0.2, 0.25) is 0 Å². The maximum Gasteiger partial charge on any atom is 0.356 e. The van der Waals surface area contributed by atoms with Crippen LogP contribution in [0, 0.1) is 17.0 Å². The monoisotopic (exact) mass is 196 g/mol. The third-order valence-electron chi connectivity index (χ3n) is 1.75. The van der Waals surface area contributed by atoms with Crippen molar-refractivity contribution in [2.45, 2.75) is 6.92 Å². The van der Waals surface area contributed by atoms with Crippen molar-refractivity contribution in [3.8, 4) is 0 Å². The van der Waals surface area contributed by atoms with Gasteiger partial charge < -0.3 is 4.84 Å². The van der Waals surface area contributed by atoms with Gasteiger partial charge in [0.1, 0.15) is 0 Å². The lowest BCUT2D eigenvalue weighted by molar-refractivity contribution is -0.384. The fourth-order valence-corrected chi connectivity index (χ4v) is 1.05. The number of hydrogen-bond donors (Lipinski definition) is 1. The van der Waals surface area contributed by atoms with Crippen LogP contribution in [0.5, 0.6) is 0 Å². The first-order chi connectivity index (χ1) is 6.56. The average Bonchev–Trinajstić information content (AvgIpc) is 2.16. The lowest BCUT2D eigenvalue weighted by Crippen LogP contribution is -2.11. The van der Waals surface area contributed by atoms with E-state index >= 15 is 0 Å². The molecule has 0 spiro atoms. The molecule has 0 aromatic heterocycles. The van der Waals surface area contributed by atoms with E-state index in [0.717, 1.165) is 0 Å². The van der Waals surface area contributed by atoms with Gasteiger partial charge in [-0.1, -0.05) is 0 Å². The van der Waals surface area contributed by atoms with E-state index in [9.17, 15) is 14.9 Å². The van der Waals surface area contributed by atoms with Gasteiger partial charge in [-0.3, -0.25) is 10.1 Å². The number of rotatable bonds is 2. The molecule has 0 radical (unpaired) electrons. The van der Waals surface area contributed by atoms with Crippen molar-refractivity contribution in [2.75, 3.05) is 0 Å². The summed E-state index contributed by atoms with van der Waals surface area (Å²) in [6.07, 6.45) is 0. The first kappa shape index (κ1) is 10.1. The van der Waals surface area contributed by atoms with Crippen molar-refractivity contribution in [3.05, 3.63) is 39.4 Å². The second-order valence-electron chi connectivity index (χ2n) is 2.66. The molecule has 0 heterocycles. The van der Waals surface area contributed by atoms with Crippen molar-refractivity contribution >= 4 is 11.7 Å². The van der Waals surface area contributed by atoms with Gasteiger partial charge >= 0.3 is 5.97 Å². The molecule has 6 heteroatoms. The number of nitro groups is 1. The van der Waals surface area contributed by atoms with E-state index in [1.54, 1.807) is 6.92 Å². The summed E-state index contributed by atoms with van der Waals surface area (Å²) >= 11 is 0. The van der Waals surface area contributed by atoms with E-state index in [0.29, 0.717) is 5.56 Å². The predicted octanol–water partition coefficient (Wildman–Crippen LogP) is 0.934. The zero-order chi connectivity index (χ0) is 10.7. The zero-order valence-electron chi connectivity index (χ0n) is 7.39. The molecule has 0 amide bonds. The van der Waals surface area contributed by atoms with Crippen molar-refractivity contribution in [1.82, 2.24) is 0 Å². The Morgan fingerprint density at radius 2 is 2.21 bits per heavy atom. The molecule has 0 aliphatic heterocycles. The molecule has 0 bridgehead atoms. The number of nitrogens with zero attached hydrogens (tertiary/aromatic N) is 1. The molecular weight excluding hydrogens is 188 g/mol. The molecular formula is C8H8N2O4. The molecule has 74 valence electrons. The molecule has 0 saturated carbocycles. The second kappa shape index (κ2) is 3.84. The number of nitro benzene ring substituents is 1. The smallest absolute Gasteiger partial charge is 0.356 e. The summed E-state index contributed by atoms with van der Waals surface area (Å²) in [6.45, 7) is 1.57. The topological polar surface area (TPSA) is 95.5 Å². The minimum absolute atomic E-state index is 0.0731. The van der Waals surface area contributed by atoms with Crippen molar-refractivity contribution in [3.63, 3.8) is 0 Å². The first-order valence-corrected chi connectivity index (χ1v) is 3.72. The molecule has 0 fully saturated rings. The van der Waals surface area contributed by atoms with Crippen LogP contribution in [0.15, 0.2) is 18.2 Å². The third kappa shape index (κ3) is 1.86. The molecule has 6 nitrogen and oxygen atoms in total. The van der Waals surface area contributed by atoms with E-state index in [-0.39, 0.29) is 11.3 Å². The Labute approximate surface area is 79.4 Å². The summed E-state index contributed by atoms with van der Waals surface area (Å²) in [5.41, 5.74) is 0.601. The van der Waals surface area contributed by atoms with E-state index in [4.69, 9.17) is 0 Å². The van der Waals surface area contributed by atoms with Crippen LogP contribution in [0.4, 0.5) is 5.69 Å². The fraction of sp³-hybridized carbons (Fsp3) is 0.125. The highest BCUT2D eigenvalue weighted by Crippen LogP contribution is 2.17. The van der Waals surface area contributed by atoms with Gasteiger partial charge in [0.05, 0.1) is 10.5 Å². The van der Waals surface area contributed by atoms with E-state index < -0.39 is 10.9 Å². The van der Waals surface area contributed by atoms with Gasteiger partial charge in [0.2, 0.25) is 0 Å². The summed E-state index contributed by atoms with van der Waals surface area (Å²) in [5.74, 6) is 3.98. The van der Waals surface area contributed by atoms with Crippen LogP contribution in [0.3, 0.4) is 0 Å². The number of carbonyl (C=O) groups excluding carboxylic acids is 1. The second-order valence-corrected chi connectivity index (χ2v) is 2.66. The first-order valence-electron chi connectivity index (χ1n) is 3.72. The standard InChI is InChI=1S/C8H8N2O4/c1-5-4-6(10(12)13)2-3-7(5)8(11)14-9/h2-4H,9H2,1H3. The molecule has 1 aromatic carbocycles. The highest BCUT2D eigenvalue weighted by Gasteiger charge is 2.13. The molecule has 14 heavy (non-hydrogen) atoms. The van der Waals surface area contributed by atoms with Crippen LogP contribution in [0.1, 0.15) is 15.9 Å². The van der Waals surface area contributed by atoms with E-state index in [1.165, 1.54) is 18.2 Å². The van der Waals surface area contributed by atoms with Crippen LogP contribution in [0.25, 0.3) is 0 Å². The van der Waals surface area contributed by atoms with Gasteiger partial charge in [-0.05, 0) is 18.6 Å². The Morgan fingerprint density at radius 3 is 2.64 bits per heavy atom. The minimum atomic E-state index is -0.711.